The van der Waals surface area contributed by atoms with E-state index in [1.807, 2.05) is 12.1 Å². The Labute approximate surface area is 164 Å². The number of nitrogen functional groups attached to an aromatic ring is 1. The van der Waals surface area contributed by atoms with Crippen molar-refractivity contribution in [3.8, 4) is 23.1 Å². The maximum Gasteiger partial charge on any atom is 0.225 e. The first-order valence-corrected chi connectivity index (χ1v) is 8.93. The number of methoxy groups -OCH3 is 1. The highest BCUT2D eigenvalue weighted by molar-refractivity contribution is 5.92. The quantitative estimate of drug-likeness (QED) is 0.415. The average molecular weight is 391 g/mol. The molecule has 0 spiro atoms. The zero-order valence-electron chi connectivity index (χ0n) is 15.5. The summed E-state index contributed by atoms with van der Waals surface area (Å²) in [6.07, 6.45) is 2.91. The van der Waals surface area contributed by atoms with Crippen LogP contribution in [0.15, 0.2) is 41.0 Å². The molecule has 0 radical (unpaired) electrons. The van der Waals surface area contributed by atoms with Gasteiger partial charge in [0.2, 0.25) is 11.8 Å². The number of benzene rings is 1. The maximum absolute atomic E-state index is 9.77. The second-order valence-corrected chi connectivity index (χ2v) is 6.53. The summed E-state index contributed by atoms with van der Waals surface area (Å²) in [6.45, 7) is 0. The van der Waals surface area contributed by atoms with Crippen LogP contribution in [-0.4, -0.2) is 42.0 Å². The Morgan fingerprint density at radius 1 is 1.24 bits per heavy atom. The molecule has 5 aromatic rings. The fourth-order valence-corrected chi connectivity index (χ4v) is 3.31. The van der Waals surface area contributed by atoms with Gasteiger partial charge in [-0.3, -0.25) is 5.10 Å². The van der Waals surface area contributed by atoms with Gasteiger partial charge in [-0.1, -0.05) is 6.07 Å². The molecule has 0 atom stereocenters. The zero-order chi connectivity index (χ0) is 20.0. The summed E-state index contributed by atoms with van der Waals surface area (Å²) in [5.74, 6) is 1.71. The predicted octanol–water partition coefficient (Wildman–Crippen LogP) is 2.34. The van der Waals surface area contributed by atoms with Crippen LogP contribution < -0.4 is 10.5 Å². The molecule has 0 aliphatic heterocycles. The Morgan fingerprint density at radius 2 is 2.14 bits per heavy atom. The maximum atomic E-state index is 9.77. The molecule has 0 saturated carbocycles. The number of ether oxygens (including phenoxy) is 1. The van der Waals surface area contributed by atoms with Gasteiger partial charge in [-0.05, 0) is 42.7 Å². The van der Waals surface area contributed by atoms with Crippen LogP contribution in [-0.2, 0) is 12.8 Å². The van der Waals surface area contributed by atoms with Gasteiger partial charge in [0.05, 0.1) is 18.8 Å². The first-order valence-electron chi connectivity index (χ1n) is 8.93. The summed E-state index contributed by atoms with van der Waals surface area (Å²) < 4.78 is 12.1. The summed E-state index contributed by atoms with van der Waals surface area (Å²) in [5, 5.41) is 22.3. The molecule has 4 aromatic heterocycles. The molecular formula is C19H17N7O3. The first-order chi connectivity index (χ1) is 14.1. The number of nitrogens with two attached hydrogens (primary N) is 1. The summed E-state index contributed by atoms with van der Waals surface area (Å²) in [5.41, 5.74) is 8.95. The van der Waals surface area contributed by atoms with Crippen molar-refractivity contribution < 1.29 is 14.3 Å². The molecule has 0 bridgehead atoms. The molecule has 0 aliphatic carbocycles. The Balaban J connectivity index is 1.55. The van der Waals surface area contributed by atoms with E-state index in [2.05, 4.69) is 25.3 Å². The number of rotatable bonds is 5. The third-order valence-electron chi connectivity index (χ3n) is 4.74. The largest absolute Gasteiger partial charge is 0.504 e. The number of anilines is 1. The van der Waals surface area contributed by atoms with Crippen LogP contribution in [0.2, 0.25) is 0 Å². The third-order valence-corrected chi connectivity index (χ3v) is 4.74. The van der Waals surface area contributed by atoms with E-state index in [0.717, 1.165) is 16.6 Å². The third kappa shape index (κ3) is 2.81. The van der Waals surface area contributed by atoms with E-state index in [-0.39, 0.29) is 11.7 Å². The highest BCUT2D eigenvalue weighted by atomic mass is 16.5. The molecule has 146 valence electrons. The molecule has 5 rings (SSSR count). The summed E-state index contributed by atoms with van der Waals surface area (Å²) in [6, 6.07) is 8.84. The highest BCUT2D eigenvalue weighted by Gasteiger charge is 2.19. The lowest BCUT2D eigenvalue weighted by Crippen LogP contribution is -2.03. The number of hydrogen-bond donors (Lipinski definition) is 3. The van der Waals surface area contributed by atoms with Crippen LogP contribution in [0, 0.1) is 0 Å². The van der Waals surface area contributed by atoms with Crippen molar-refractivity contribution in [1.29, 1.82) is 0 Å². The lowest BCUT2D eigenvalue weighted by atomic mass is 10.1. The van der Waals surface area contributed by atoms with Gasteiger partial charge in [0, 0.05) is 5.69 Å². The fourth-order valence-electron chi connectivity index (χ4n) is 3.31. The number of aromatic hydroxyl groups is 1. The van der Waals surface area contributed by atoms with Crippen LogP contribution in [0.5, 0.6) is 11.5 Å². The minimum absolute atomic E-state index is 0.110. The highest BCUT2D eigenvalue weighted by Crippen LogP contribution is 2.28. The summed E-state index contributed by atoms with van der Waals surface area (Å²) in [7, 11) is 1.52. The van der Waals surface area contributed by atoms with Crippen LogP contribution >= 0.6 is 0 Å². The number of phenols is 1. The number of fused-ring (bicyclic) bond motifs is 3. The lowest BCUT2D eigenvalue weighted by Gasteiger charge is -2.06. The van der Waals surface area contributed by atoms with Crippen molar-refractivity contribution in [2.45, 2.75) is 12.8 Å². The number of aromatic nitrogens is 6. The Hall–Kier alpha value is -4.08. The minimum atomic E-state index is 0.110. The van der Waals surface area contributed by atoms with Gasteiger partial charge in [-0.15, -0.1) is 5.10 Å². The molecule has 10 heteroatoms. The van der Waals surface area contributed by atoms with E-state index in [1.165, 1.54) is 11.6 Å². The SMILES string of the molecule is COc1cc(CCc2[nH]nc3nc(N)n4nc(-c5ccco5)nc4c23)ccc1O. The van der Waals surface area contributed by atoms with Crippen molar-refractivity contribution in [3.05, 3.63) is 47.9 Å². The van der Waals surface area contributed by atoms with Crippen LogP contribution in [0.1, 0.15) is 11.3 Å². The van der Waals surface area contributed by atoms with Crippen LogP contribution in [0.4, 0.5) is 5.95 Å². The number of phenolic OH excluding ortho intramolecular Hbond substituents is 1. The van der Waals surface area contributed by atoms with Gasteiger partial charge in [-0.2, -0.15) is 14.6 Å². The summed E-state index contributed by atoms with van der Waals surface area (Å²) >= 11 is 0. The summed E-state index contributed by atoms with van der Waals surface area (Å²) in [4.78, 5) is 8.92. The molecular weight excluding hydrogens is 374 g/mol. The van der Waals surface area contributed by atoms with E-state index < -0.39 is 0 Å². The molecule has 10 nitrogen and oxygen atoms in total. The monoisotopic (exact) mass is 391 g/mol. The van der Waals surface area contributed by atoms with E-state index in [4.69, 9.17) is 14.9 Å². The molecule has 0 unspecified atom stereocenters. The molecule has 1 aromatic carbocycles. The average Bonchev–Trinajstić information content (AvgIpc) is 3.46. The molecule has 0 amide bonds. The number of aryl methyl sites for hydroxylation is 2. The fraction of sp³-hybridized carbons (Fsp3) is 0.158. The second kappa shape index (κ2) is 6.51. The van der Waals surface area contributed by atoms with Crippen LogP contribution in [0.25, 0.3) is 28.3 Å². The molecule has 29 heavy (non-hydrogen) atoms. The molecule has 4 heterocycles. The number of furan rings is 1. The second-order valence-electron chi connectivity index (χ2n) is 6.53. The number of nitrogens with zero attached hydrogens (tertiary/aromatic N) is 5. The minimum Gasteiger partial charge on any atom is -0.504 e. The molecule has 0 fully saturated rings. The van der Waals surface area contributed by atoms with Gasteiger partial charge >= 0.3 is 0 Å². The number of nitrogens with one attached hydrogen (secondary N) is 1. The topological polar surface area (TPSA) is 140 Å². The number of hydrogen-bond acceptors (Lipinski definition) is 8. The van der Waals surface area contributed by atoms with Gasteiger partial charge in [0.15, 0.2) is 28.6 Å². The van der Waals surface area contributed by atoms with E-state index in [1.54, 1.807) is 24.5 Å². The molecule has 0 aliphatic rings. The van der Waals surface area contributed by atoms with E-state index in [0.29, 0.717) is 41.5 Å². The van der Waals surface area contributed by atoms with Crippen molar-refractivity contribution in [1.82, 2.24) is 29.8 Å². The van der Waals surface area contributed by atoms with Crippen molar-refractivity contribution in [2.24, 2.45) is 0 Å². The van der Waals surface area contributed by atoms with Gasteiger partial charge < -0.3 is 20.0 Å². The first kappa shape index (κ1) is 17.0. The van der Waals surface area contributed by atoms with Crippen molar-refractivity contribution >= 4 is 22.6 Å². The normalized spacial score (nSPS) is 11.5. The molecule has 4 N–H and O–H groups in total. The van der Waals surface area contributed by atoms with Crippen molar-refractivity contribution in [2.75, 3.05) is 12.8 Å². The lowest BCUT2D eigenvalue weighted by molar-refractivity contribution is 0.373. The van der Waals surface area contributed by atoms with Crippen LogP contribution in [0.3, 0.4) is 0 Å². The standard InChI is InChI=1S/C19H17N7O3/c1-28-14-9-10(5-7-12(14)27)4-6-11-15-17(24-23-11)22-19(20)26-18(15)21-16(25-26)13-3-2-8-29-13/h2-3,5,7-9,27H,4,6H2,1H3,(H3,20,22,23,24). The Morgan fingerprint density at radius 3 is 2.93 bits per heavy atom. The number of aromatic amines is 1. The van der Waals surface area contributed by atoms with E-state index >= 15 is 0 Å². The van der Waals surface area contributed by atoms with Gasteiger partial charge in [0.25, 0.3) is 0 Å². The van der Waals surface area contributed by atoms with E-state index in [9.17, 15) is 5.11 Å². The number of H-pyrrole nitrogens is 1. The van der Waals surface area contributed by atoms with Gasteiger partial charge in [0.1, 0.15) is 0 Å². The van der Waals surface area contributed by atoms with Gasteiger partial charge in [-0.25, -0.2) is 4.98 Å². The smallest absolute Gasteiger partial charge is 0.225 e. The Bertz CT molecular complexity index is 1320. The predicted molar refractivity (Wildman–Crippen MR) is 105 cm³/mol. The molecule has 0 saturated heterocycles. The van der Waals surface area contributed by atoms with Crippen molar-refractivity contribution in [3.63, 3.8) is 0 Å². The zero-order valence-corrected chi connectivity index (χ0v) is 15.5. The Kier molecular flexibility index (Phi) is 3.83.